The van der Waals surface area contributed by atoms with E-state index in [2.05, 4.69) is 9.97 Å². The molecule has 2 aromatic rings. The van der Waals surface area contributed by atoms with Crippen LogP contribution < -0.4 is 4.74 Å². The molecule has 1 aromatic heterocycles. The maximum absolute atomic E-state index is 12.1. The molecule has 0 aliphatic rings. The number of nitrogens with zero attached hydrogens (tertiary/aromatic N) is 3. The largest absolute Gasteiger partial charge is 0.496 e. The molecular formula is C16H17N3O4. The summed E-state index contributed by atoms with van der Waals surface area (Å²) in [5.41, 5.74) is 0.929. The predicted octanol–water partition coefficient (Wildman–Crippen LogP) is 1.30. The van der Waals surface area contributed by atoms with Gasteiger partial charge in [0.15, 0.2) is 12.3 Å². The van der Waals surface area contributed by atoms with Gasteiger partial charge in [-0.25, -0.2) is 9.78 Å². The van der Waals surface area contributed by atoms with Crippen molar-refractivity contribution in [1.82, 2.24) is 14.9 Å². The van der Waals surface area contributed by atoms with Crippen LogP contribution in [0.3, 0.4) is 0 Å². The van der Waals surface area contributed by atoms with Gasteiger partial charge < -0.3 is 14.4 Å². The summed E-state index contributed by atoms with van der Waals surface area (Å²) >= 11 is 0. The first-order chi connectivity index (χ1) is 11.1. The number of esters is 1. The van der Waals surface area contributed by atoms with Crippen LogP contribution in [0.25, 0.3) is 0 Å². The van der Waals surface area contributed by atoms with Gasteiger partial charge in [-0.05, 0) is 6.07 Å². The number of methoxy groups -OCH3 is 1. The molecule has 0 atom stereocenters. The molecule has 0 N–H and O–H groups in total. The molecule has 0 saturated heterocycles. The topological polar surface area (TPSA) is 81.6 Å². The molecule has 23 heavy (non-hydrogen) atoms. The van der Waals surface area contributed by atoms with Gasteiger partial charge in [0.05, 0.1) is 13.3 Å². The molecule has 7 heteroatoms. The fourth-order valence-corrected chi connectivity index (χ4v) is 1.89. The molecule has 0 spiro atoms. The van der Waals surface area contributed by atoms with Gasteiger partial charge in [-0.2, -0.15) is 0 Å². The van der Waals surface area contributed by atoms with Crippen LogP contribution in [0, 0.1) is 0 Å². The first kappa shape index (κ1) is 16.4. The summed E-state index contributed by atoms with van der Waals surface area (Å²) < 4.78 is 10.2. The van der Waals surface area contributed by atoms with E-state index in [0.29, 0.717) is 12.3 Å². The smallest absolute Gasteiger partial charge is 0.359 e. The Hall–Kier alpha value is -2.96. The Morgan fingerprint density at radius 3 is 2.70 bits per heavy atom. The fraction of sp³-hybridized carbons (Fsp3) is 0.250. The van der Waals surface area contributed by atoms with Crippen molar-refractivity contribution >= 4 is 11.9 Å². The normalized spacial score (nSPS) is 10.0. The van der Waals surface area contributed by atoms with E-state index >= 15 is 0 Å². The Bertz CT molecular complexity index is 676. The van der Waals surface area contributed by atoms with Gasteiger partial charge in [-0.15, -0.1) is 0 Å². The number of likely N-dealkylation sites (N-methyl/N-ethyl adjacent to an activating group) is 1. The summed E-state index contributed by atoms with van der Waals surface area (Å²) in [5.74, 6) is -0.311. The molecule has 0 bridgehead atoms. The number of aromatic nitrogens is 2. The van der Waals surface area contributed by atoms with Crippen LogP contribution in [-0.2, 0) is 16.1 Å². The van der Waals surface area contributed by atoms with E-state index in [0.717, 1.165) is 5.56 Å². The van der Waals surface area contributed by atoms with Crippen LogP contribution in [0.4, 0.5) is 0 Å². The van der Waals surface area contributed by atoms with Crippen molar-refractivity contribution < 1.29 is 19.1 Å². The zero-order valence-corrected chi connectivity index (χ0v) is 12.9. The van der Waals surface area contributed by atoms with Gasteiger partial charge in [0, 0.05) is 31.5 Å². The van der Waals surface area contributed by atoms with Crippen molar-refractivity contribution in [3.63, 3.8) is 0 Å². The van der Waals surface area contributed by atoms with Crippen LogP contribution in [0.1, 0.15) is 16.1 Å². The first-order valence-corrected chi connectivity index (χ1v) is 6.91. The Morgan fingerprint density at radius 2 is 2.00 bits per heavy atom. The Labute approximate surface area is 133 Å². The minimum Gasteiger partial charge on any atom is -0.496 e. The average molecular weight is 315 g/mol. The zero-order valence-electron chi connectivity index (χ0n) is 12.9. The van der Waals surface area contributed by atoms with Crippen molar-refractivity contribution in [1.29, 1.82) is 0 Å². The van der Waals surface area contributed by atoms with E-state index in [1.165, 1.54) is 23.5 Å². The molecule has 0 saturated carbocycles. The minimum atomic E-state index is -0.683. The average Bonchev–Trinajstić information content (AvgIpc) is 2.60. The molecule has 1 aromatic carbocycles. The van der Waals surface area contributed by atoms with E-state index in [1.54, 1.807) is 14.2 Å². The Kier molecular flexibility index (Phi) is 5.62. The number of amides is 1. The number of ether oxygens (including phenoxy) is 2. The maximum atomic E-state index is 12.1. The lowest BCUT2D eigenvalue weighted by atomic mass is 10.2. The quantitative estimate of drug-likeness (QED) is 0.747. The SMILES string of the molecule is COc1ccccc1CN(C)C(=O)COC(=O)c1cnccn1. The minimum absolute atomic E-state index is 0.0627. The van der Waals surface area contributed by atoms with Gasteiger partial charge in [0.1, 0.15) is 5.75 Å². The number of carbonyl (C=O) groups is 2. The molecule has 0 aliphatic carbocycles. The second kappa shape index (κ2) is 7.88. The number of hydrogen-bond acceptors (Lipinski definition) is 6. The molecule has 0 unspecified atom stereocenters. The molecular weight excluding hydrogens is 298 g/mol. The van der Waals surface area contributed by atoms with Crippen LogP contribution in [0.5, 0.6) is 5.75 Å². The van der Waals surface area contributed by atoms with Crippen molar-refractivity contribution in [2.75, 3.05) is 20.8 Å². The van der Waals surface area contributed by atoms with Crippen LogP contribution >= 0.6 is 0 Å². The predicted molar refractivity (Wildman–Crippen MR) is 81.8 cm³/mol. The summed E-state index contributed by atoms with van der Waals surface area (Å²) in [6, 6.07) is 7.41. The highest BCUT2D eigenvalue weighted by Gasteiger charge is 2.15. The number of benzene rings is 1. The summed E-state index contributed by atoms with van der Waals surface area (Å²) in [7, 11) is 3.20. The van der Waals surface area contributed by atoms with Crippen molar-refractivity contribution in [2.45, 2.75) is 6.54 Å². The third-order valence-electron chi connectivity index (χ3n) is 3.12. The number of hydrogen-bond donors (Lipinski definition) is 0. The van der Waals surface area contributed by atoms with E-state index in [4.69, 9.17) is 9.47 Å². The Morgan fingerprint density at radius 1 is 1.22 bits per heavy atom. The van der Waals surface area contributed by atoms with E-state index in [1.807, 2.05) is 24.3 Å². The van der Waals surface area contributed by atoms with Crippen LogP contribution in [0.2, 0.25) is 0 Å². The summed E-state index contributed by atoms with van der Waals surface area (Å²) in [6.45, 7) is -0.00734. The lowest BCUT2D eigenvalue weighted by Gasteiger charge is -2.18. The molecule has 7 nitrogen and oxygen atoms in total. The van der Waals surface area contributed by atoms with Crippen LogP contribution in [0.15, 0.2) is 42.9 Å². The number of carbonyl (C=O) groups excluding carboxylic acids is 2. The van der Waals surface area contributed by atoms with Gasteiger partial charge in [-0.1, -0.05) is 18.2 Å². The van der Waals surface area contributed by atoms with Crippen LogP contribution in [-0.4, -0.2) is 47.5 Å². The summed E-state index contributed by atoms with van der Waals surface area (Å²) in [6.07, 6.45) is 4.11. The standard InChI is InChI=1S/C16H17N3O4/c1-19(10-12-5-3-4-6-14(12)22-2)15(20)11-23-16(21)13-9-17-7-8-18-13/h3-9H,10-11H2,1-2H3. The molecule has 1 amide bonds. The summed E-state index contributed by atoms with van der Waals surface area (Å²) in [5, 5.41) is 0. The third-order valence-corrected chi connectivity index (χ3v) is 3.12. The zero-order chi connectivity index (χ0) is 16.7. The monoisotopic (exact) mass is 315 g/mol. The van der Waals surface area contributed by atoms with Gasteiger partial charge in [-0.3, -0.25) is 9.78 Å². The van der Waals surface area contributed by atoms with E-state index in [-0.39, 0.29) is 18.2 Å². The van der Waals surface area contributed by atoms with E-state index < -0.39 is 5.97 Å². The second-order valence-electron chi connectivity index (χ2n) is 4.73. The van der Waals surface area contributed by atoms with Gasteiger partial charge >= 0.3 is 5.97 Å². The number of rotatable bonds is 6. The van der Waals surface area contributed by atoms with Gasteiger partial charge in [0.2, 0.25) is 0 Å². The highest BCUT2D eigenvalue weighted by atomic mass is 16.5. The molecule has 2 rings (SSSR count). The molecule has 0 fully saturated rings. The van der Waals surface area contributed by atoms with Crippen molar-refractivity contribution in [3.05, 3.63) is 54.1 Å². The highest BCUT2D eigenvalue weighted by molar-refractivity contribution is 5.89. The Balaban J connectivity index is 1.89. The van der Waals surface area contributed by atoms with Crippen molar-refractivity contribution in [3.8, 4) is 5.75 Å². The fourth-order valence-electron chi connectivity index (χ4n) is 1.89. The van der Waals surface area contributed by atoms with Crippen molar-refractivity contribution in [2.24, 2.45) is 0 Å². The molecule has 0 aliphatic heterocycles. The molecule has 0 radical (unpaired) electrons. The lowest BCUT2D eigenvalue weighted by molar-refractivity contribution is -0.133. The highest BCUT2D eigenvalue weighted by Crippen LogP contribution is 2.18. The maximum Gasteiger partial charge on any atom is 0.359 e. The number of para-hydroxylation sites is 1. The third kappa shape index (κ3) is 4.50. The second-order valence-corrected chi connectivity index (χ2v) is 4.73. The lowest BCUT2D eigenvalue weighted by Crippen LogP contribution is -2.31. The summed E-state index contributed by atoms with van der Waals surface area (Å²) in [4.78, 5) is 32.8. The first-order valence-electron chi connectivity index (χ1n) is 6.91. The molecule has 120 valence electrons. The molecule has 1 heterocycles. The van der Waals surface area contributed by atoms with Gasteiger partial charge in [0.25, 0.3) is 5.91 Å². The van der Waals surface area contributed by atoms with E-state index in [9.17, 15) is 9.59 Å².